The summed E-state index contributed by atoms with van der Waals surface area (Å²) in [5.74, 6) is -7.26. The number of unbranched alkanes of at least 4 members (excludes halogenated alkanes) is 1. The van der Waals surface area contributed by atoms with Gasteiger partial charge in [-0.2, -0.15) is 8.78 Å². The molecule has 1 unspecified atom stereocenters. The number of aryl methyl sites for hydroxylation is 1. The number of allylic oxidation sites excluding steroid dienone is 2. The number of benzene rings is 3. The molecule has 1 aliphatic carbocycles. The number of carbonyl (C=O) groups excluding carboxylic acids is 1. The number of halogens is 5. The van der Waals surface area contributed by atoms with E-state index in [-0.39, 0.29) is 35.0 Å². The molecule has 0 fully saturated rings. The van der Waals surface area contributed by atoms with E-state index in [9.17, 15) is 26.7 Å². The summed E-state index contributed by atoms with van der Waals surface area (Å²) in [4.78, 5) is 12.5. The molecule has 8 heteroatoms. The maximum atomic E-state index is 15.0. The number of rotatable bonds is 8. The Balaban J connectivity index is 1.45. The molecular formula is C30H27F5O3. The average Bonchev–Trinajstić information content (AvgIpc) is 2.91. The molecular weight excluding hydrogens is 503 g/mol. The van der Waals surface area contributed by atoms with Crippen molar-refractivity contribution in [3.05, 3.63) is 99.9 Å². The Morgan fingerprint density at radius 2 is 1.66 bits per heavy atom. The lowest BCUT2D eigenvalue weighted by Crippen LogP contribution is -2.12. The second-order valence-corrected chi connectivity index (χ2v) is 9.28. The molecule has 0 bridgehead atoms. The van der Waals surface area contributed by atoms with Crippen LogP contribution in [0.1, 0.15) is 72.0 Å². The van der Waals surface area contributed by atoms with Gasteiger partial charge < -0.3 is 9.47 Å². The Morgan fingerprint density at radius 3 is 2.34 bits per heavy atom. The highest BCUT2D eigenvalue weighted by Gasteiger charge is 2.24. The van der Waals surface area contributed by atoms with E-state index < -0.39 is 40.8 Å². The minimum absolute atomic E-state index is 0.180. The smallest absolute Gasteiger partial charge is 0.343 e. The molecule has 3 nitrogen and oxygen atoms in total. The summed E-state index contributed by atoms with van der Waals surface area (Å²) < 4.78 is 82.1. The SMILES string of the molecule is CCCCOc1ccc(OC(=O)c2ccc(C3=CCC(c4ccc(C)c(F)c4F)CC3)c(F)c2)c(F)c1F. The predicted molar refractivity (Wildman–Crippen MR) is 134 cm³/mol. The highest BCUT2D eigenvalue weighted by atomic mass is 19.2. The largest absolute Gasteiger partial charge is 0.490 e. The van der Waals surface area contributed by atoms with Gasteiger partial charge in [-0.15, -0.1) is 0 Å². The topological polar surface area (TPSA) is 35.5 Å². The van der Waals surface area contributed by atoms with Gasteiger partial charge in [0, 0.05) is 5.56 Å². The third-order valence-corrected chi connectivity index (χ3v) is 6.68. The Bertz CT molecular complexity index is 1380. The molecule has 1 aliphatic rings. The molecule has 3 aromatic rings. The summed E-state index contributed by atoms with van der Waals surface area (Å²) in [6.07, 6.45) is 4.60. The average molecular weight is 531 g/mol. The maximum absolute atomic E-state index is 15.0. The maximum Gasteiger partial charge on any atom is 0.343 e. The van der Waals surface area contributed by atoms with Gasteiger partial charge in [-0.1, -0.05) is 37.6 Å². The van der Waals surface area contributed by atoms with Crippen molar-refractivity contribution >= 4 is 11.5 Å². The molecule has 3 aromatic carbocycles. The highest BCUT2D eigenvalue weighted by molar-refractivity contribution is 5.91. The van der Waals surface area contributed by atoms with Crippen LogP contribution in [0.15, 0.2) is 48.5 Å². The molecule has 0 heterocycles. The van der Waals surface area contributed by atoms with Crippen molar-refractivity contribution < 1.29 is 36.2 Å². The van der Waals surface area contributed by atoms with Crippen LogP contribution in [0.25, 0.3) is 5.57 Å². The Hall–Kier alpha value is -3.68. The van der Waals surface area contributed by atoms with Crippen molar-refractivity contribution in [2.45, 2.75) is 51.9 Å². The number of ether oxygens (including phenoxy) is 2. The Labute approximate surface area is 217 Å². The molecule has 0 saturated heterocycles. The minimum Gasteiger partial charge on any atom is -0.490 e. The molecule has 38 heavy (non-hydrogen) atoms. The number of esters is 1. The fourth-order valence-corrected chi connectivity index (χ4v) is 4.43. The van der Waals surface area contributed by atoms with Crippen molar-refractivity contribution in [2.24, 2.45) is 0 Å². The van der Waals surface area contributed by atoms with Gasteiger partial charge in [-0.05, 0) is 79.5 Å². The summed E-state index contributed by atoms with van der Waals surface area (Å²) in [5.41, 5.74) is 1.30. The van der Waals surface area contributed by atoms with Gasteiger partial charge >= 0.3 is 5.97 Å². The fraction of sp³-hybridized carbons (Fsp3) is 0.300. The van der Waals surface area contributed by atoms with Crippen LogP contribution in [-0.2, 0) is 0 Å². The lowest BCUT2D eigenvalue weighted by Gasteiger charge is -2.23. The lowest BCUT2D eigenvalue weighted by molar-refractivity contribution is 0.0725. The van der Waals surface area contributed by atoms with E-state index in [1.165, 1.54) is 25.1 Å². The number of carbonyl (C=O) groups is 1. The molecule has 0 aliphatic heterocycles. The normalized spacial score (nSPS) is 15.2. The van der Waals surface area contributed by atoms with E-state index in [2.05, 4.69) is 0 Å². The summed E-state index contributed by atoms with van der Waals surface area (Å²) in [6, 6.07) is 9.08. The molecule has 0 saturated carbocycles. The van der Waals surface area contributed by atoms with Gasteiger partial charge in [0.25, 0.3) is 0 Å². The van der Waals surface area contributed by atoms with Crippen molar-refractivity contribution in [3.63, 3.8) is 0 Å². The standard InChI is InChI=1S/C30H27F5O3/c1-3-4-15-37-24-13-14-25(29(35)28(24)34)38-30(36)20-10-12-21(23(31)16-20)18-6-8-19(9-7-18)22-11-5-17(2)26(32)27(22)33/h5-6,10-14,16,19H,3-4,7-9,15H2,1-2H3. The first-order valence-electron chi connectivity index (χ1n) is 12.5. The molecule has 0 radical (unpaired) electrons. The van der Waals surface area contributed by atoms with Gasteiger partial charge in [0.1, 0.15) is 5.82 Å². The highest BCUT2D eigenvalue weighted by Crippen LogP contribution is 2.38. The van der Waals surface area contributed by atoms with Crippen LogP contribution in [0.2, 0.25) is 0 Å². The van der Waals surface area contributed by atoms with Gasteiger partial charge in [0.05, 0.1) is 12.2 Å². The number of hydrogen-bond acceptors (Lipinski definition) is 3. The third kappa shape index (κ3) is 5.74. The van der Waals surface area contributed by atoms with Gasteiger partial charge in [-0.3, -0.25) is 0 Å². The first kappa shape index (κ1) is 27.4. The first-order chi connectivity index (χ1) is 18.2. The van der Waals surface area contributed by atoms with Crippen molar-refractivity contribution in [1.29, 1.82) is 0 Å². The second kappa shape index (κ2) is 11.8. The predicted octanol–water partition coefficient (Wildman–Crippen LogP) is 8.44. The van der Waals surface area contributed by atoms with Crippen LogP contribution in [0.4, 0.5) is 22.0 Å². The van der Waals surface area contributed by atoms with Crippen LogP contribution < -0.4 is 9.47 Å². The van der Waals surface area contributed by atoms with Crippen molar-refractivity contribution in [1.82, 2.24) is 0 Å². The molecule has 0 amide bonds. The zero-order valence-electron chi connectivity index (χ0n) is 21.1. The molecule has 200 valence electrons. The van der Waals surface area contributed by atoms with E-state index in [4.69, 9.17) is 9.47 Å². The Morgan fingerprint density at radius 1 is 0.921 bits per heavy atom. The lowest BCUT2D eigenvalue weighted by atomic mass is 9.82. The van der Waals surface area contributed by atoms with Crippen LogP contribution >= 0.6 is 0 Å². The van der Waals surface area contributed by atoms with Gasteiger partial charge in [0.15, 0.2) is 23.1 Å². The van der Waals surface area contributed by atoms with Crippen LogP contribution in [0, 0.1) is 36.0 Å². The monoisotopic (exact) mass is 530 g/mol. The molecule has 1 atom stereocenters. The van der Waals surface area contributed by atoms with E-state index in [0.29, 0.717) is 36.8 Å². The quantitative estimate of drug-likeness (QED) is 0.127. The molecule has 0 N–H and O–H groups in total. The zero-order valence-corrected chi connectivity index (χ0v) is 21.1. The Kier molecular flexibility index (Phi) is 8.49. The summed E-state index contributed by atoms with van der Waals surface area (Å²) >= 11 is 0. The summed E-state index contributed by atoms with van der Waals surface area (Å²) in [5, 5.41) is 0. The zero-order chi connectivity index (χ0) is 27.4. The van der Waals surface area contributed by atoms with E-state index in [0.717, 1.165) is 18.6 Å². The number of hydrogen-bond donors (Lipinski definition) is 0. The molecule has 0 aromatic heterocycles. The van der Waals surface area contributed by atoms with Crippen LogP contribution in [0.3, 0.4) is 0 Å². The van der Waals surface area contributed by atoms with Crippen LogP contribution in [-0.4, -0.2) is 12.6 Å². The third-order valence-electron chi connectivity index (χ3n) is 6.68. The summed E-state index contributed by atoms with van der Waals surface area (Å²) in [6.45, 7) is 3.64. The molecule has 0 spiro atoms. The van der Waals surface area contributed by atoms with E-state index >= 15 is 0 Å². The van der Waals surface area contributed by atoms with Gasteiger partial charge in [0.2, 0.25) is 11.6 Å². The fourth-order valence-electron chi connectivity index (χ4n) is 4.43. The summed E-state index contributed by atoms with van der Waals surface area (Å²) in [7, 11) is 0. The minimum atomic E-state index is -1.38. The van der Waals surface area contributed by atoms with E-state index in [1.807, 2.05) is 6.92 Å². The van der Waals surface area contributed by atoms with E-state index in [1.54, 1.807) is 18.2 Å². The molecule has 4 rings (SSSR count). The van der Waals surface area contributed by atoms with Crippen molar-refractivity contribution in [2.75, 3.05) is 6.61 Å². The first-order valence-corrected chi connectivity index (χ1v) is 12.5. The van der Waals surface area contributed by atoms with Gasteiger partial charge in [-0.25, -0.2) is 18.0 Å². The second-order valence-electron chi connectivity index (χ2n) is 9.28. The van der Waals surface area contributed by atoms with Crippen molar-refractivity contribution in [3.8, 4) is 11.5 Å². The van der Waals surface area contributed by atoms with Crippen LogP contribution in [0.5, 0.6) is 11.5 Å².